The number of hydrogen-bond acceptors (Lipinski definition) is 16. The lowest BCUT2D eigenvalue weighted by Gasteiger charge is -2.29. The summed E-state index contributed by atoms with van der Waals surface area (Å²) in [5, 5.41) is 52.1. The van der Waals surface area contributed by atoms with Gasteiger partial charge in [0.15, 0.2) is 0 Å². The highest BCUT2D eigenvalue weighted by atomic mass is 16.4. The maximum absolute atomic E-state index is 14.4. The molecule has 1 heterocycles. The number of carboxylic acid groups (broad SMARTS) is 2. The van der Waals surface area contributed by atoms with Crippen molar-refractivity contribution >= 4 is 71.0 Å². The van der Waals surface area contributed by atoms with Gasteiger partial charge in [-0.25, -0.2) is 9.78 Å². The molecule has 0 bridgehead atoms. The van der Waals surface area contributed by atoms with E-state index in [1.54, 1.807) is 84.0 Å². The highest BCUT2D eigenvalue weighted by Crippen LogP contribution is 2.15. The third kappa shape index (κ3) is 25.9. The van der Waals surface area contributed by atoms with Crippen molar-refractivity contribution in [2.75, 3.05) is 6.54 Å². The van der Waals surface area contributed by atoms with Crippen LogP contribution in [-0.2, 0) is 76.8 Å². The standard InChI is InChI=1S/C59H88N14O15/c1-31(2)25-43(56(84)73-49(33(5)6)58(86)71-45(59(87)88)27-35-13-9-8-10-14-35)70-52(80)40(15-11-12-24-60)67-53(81)41(20-22-46(62)75)68-55(83)44(28-37-29-63-30-64-37)69-50(78)34(7)65-57(85)48(32(3)4)72-54(82)42(21-23-47(76)77)66-51(79)39(61)26-36-16-18-38(74)19-17-36/h8-10,13-14,16-19,29-34,39-45,48-49,74H,11-12,15,20-28,60-61H2,1-7H3,(H2,62,75)(H,63,64)(H,65,85)(H,66,79)(H,67,81)(H,68,83)(H,69,78)(H,70,80)(H,71,86)(H,72,82)(H,73,84)(H,76,77)(H,87,88)/t34-,39-,40-,41-,42-,43-,44-,45-,48-,49-/m0/s1. The zero-order chi connectivity index (χ0) is 65.8. The molecule has 10 amide bonds. The predicted octanol–water partition coefficient (Wildman–Crippen LogP) is -1.44. The molecule has 0 saturated carbocycles. The smallest absolute Gasteiger partial charge is 0.326 e. The number of rotatable bonds is 39. The number of aromatic nitrogens is 2. The van der Waals surface area contributed by atoms with E-state index in [1.807, 2.05) is 0 Å². The number of aromatic hydroxyl groups is 1. The first-order valence-electron chi connectivity index (χ1n) is 29.2. The van der Waals surface area contributed by atoms with Gasteiger partial charge in [0, 0.05) is 37.6 Å². The Morgan fingerprint density at radius 2 is 0.989 bits per heavy atom. The highest BCUT2D eigenvalue weighted by molar-refractivity contribution is 5.99. The Morgan fingerprint density at radius 1 is 0.511 bits per heavy atom. The Hall–Kier alpha value is -8.99. The van der Waals surface area contributed by atoms with Gasteiger partial charge in [-0.1, -0.05) is 84.0 Å². The molecule has 10 atom stereocenters. The Morgan fingerprint density at radius 3 is 1.50 bits per heavy atom. The monoisotopic (exact) mass is 1230 g/mol. The number of imidazole rings is 1. The molecule has 29 nitrogen and oxygen atoms in total. The zero-order valence-electron chi connectivity index (χ0n) is 50.8. The van der Waals surface area contributed by atoms with E-state index in [1.165, 1.54) is 31.6 Å². The highest BCUT2D eigenvalue weighted by Gasteiger charge is 2.37. The molecule has 88 heavy (non-hydrogen) atoms. The van der Waals surface area contributed by atoms with Crippen LogP contribution in [0.25, 0.3) is 0 Å². The van der Waals surface area contributed by atoms with Crippen molar-refractivity contribution < 1.29 is 72.9 Å². The van der Waals surface area contributed by atoms with Gasteiger partial charge in [0.25, 0.3) is 0 Å². The van der Waals surface area contributed by atoms with Gasteiger partial charge in [0.1, 0.15) is 60.1 Å². The molecule has 0 radical (unpaired) electrons. The van der Waals surface area contributed by atoms with Gasteiger partial charge < -0.3 is 85.4 Å². The summed E-state index contributed by atoms with van der Waals surface area (Å²) in [6.07, 6.45) is 1.27. The van der Waals surface area contributed by atoms with Crippen molar-refractivity contribution in [1.29, 1.82) is 0 Å². The lowest BCUT2D eigenvalue weighted by atomic mass is 9.98. The molecule has 484 valence electrons. The molecular formula is C59H88N14O15. The van der Waals surface area contributed by atoms with E-state index in [4.69, 9.17) is 17.2 Å². The molecule has 0 aliphatic rings. The van der Waals surface area contributed by atoms with Crippen LogP contribution in [0, 0.1) is 17.8 Å². The molecule has 0 spiro atoms. The molecule has 29 heteroatoms. The first-order chi connectivity index (χ1) is 41.5. The van der Waals surface area contributed by atoms with E-state index in [0.717, 1.165) is 0 Å². The summed E-state index contributed by atoms with van der Waals surface area (Å²) >= 11 is 0. The number of H-pyrrole nitrogens is 1. The number of carboxylic acids is 2. The van der Waals surface area contributed by atoms with Crippen LogP contribution in [0.1, 0.15) is 117 Å². The number of hydrogen-bond donors (Lipinski definition) is 16. The first kappa shape index (κ1) is 73.3. The largest absolute Gasteiger partial charge is 0.508 e. The summed E-state index contributed by atoms with van der Waals surface area (Å²) in [7, 11) is 0. The maximum atomic E-state index is 14.4. The summed E-state index contributed by atoms with van der Waals surface area (Å²) in [6, 6.07) is 0.686. The normalized spacial score (nSPS) is 14.6. The van der Waals surface area contributed by atoms with Crippen molar-refractivity contribution in [3.8, 4) is 5.75 Å². The third-order valence-corrected chi connectivity index (χ3v) is 14.0. The van der Waals surface area contributed by atoms with Gasteiger partial charge in [-0.3, -0.25) is 52.7 Å². The molecule has 0 fully saturated rings. The minimum atomic E-state index is -1.59. The molecular weight excluding hydrogens is 1140 g/mol. The second-order valence-corrected chi connectivity index (χ2v) is 22.7. The SMILES string of the molecule is CC(C)C[C@H](NC(=O)[C@H](CCCCN)NC(=O)[C@H](CCC(N)=O)NC(=O)[C@H](Cc1cnc[nH]1)NC(=O)[C@H](C)NC(=O)[C@@H](NC(=O)[C@H](CCC(=O)O)NC(=O)[C@@H](N)Cc1ccc(O)cc1)C(C)C)C(=O)N[C@H](C(=O)N[C@@H](Cc1ccccc1)C(=O)O)C(C)C. The summed E-state index contributed by atoms with van der Waals surface area (Å²) < 4.78 is 0. The molecule has 0 aliphatic heterocycles. The van der Waals surface area contributed by atoms with Gasteiger partial charge >= 0.3 is 11.9 Å². The number of carbonyl (C=O) groups is 12. The summed E-state index contributed by atoms with van der Waals surface area (Å²) in [4.78, 5) is 168. The van der Waals surface area contributed by atoms with Crippen molar-refractivity contribution in [2.45, 2.75) is 180 Å². The van der Waals surface area contributed by atoms with Crippen molar-refractivity contribution in [3.05, 3.63) is 83.9 Å². The van der Waals surface area contributed by atoms with Crippen LogP contribution < -0.4 is 65.1 Å². The molecule has 2 aromatic carbocycles. The minimum absolute atomic E-state index is 0.00360. The first-order valence-corrected chi connectivity index (χ1v) is 29.2. The second-order valence-electron chi connectivity index (χ2n) is 22.7. The van der Waals surface area contributed by atoms with Gasteiger partial charge in [-0.2, -0.15) is 0 Å². The van der Waals surface area contributed by atoms with E-state index in [-0.39, 0.29) is 56.7 Å². The van der Waals surface area contributed by atoms with E-state index in [2.05, 4.69) is 57.8 Å². The average molecular weight is 1230 g/mol. The maximum Gasteiger partial charge on any atom is 0.326 e. The number of phenolic OH excluding ortho intramolecular Hbond substituents is 1. The fourth-order valence-electron chi connectivity index (χ4n) is 9.01. The Balaban J connectivity index is 1.83. The van der Waals surface area contributed by atoms with Crippen LogP contribution in [0.4, 0.5) is 0 Å². The lowest BCUT2D eigenvalue weighted by Crippen LogP contribution is -2.61. The second kappa shape index (κ2) is 36.9. The fourth-order valence-corrected chi connectivity index (χ4v) is 9.01. The number of nitrogens with two attached hydrogens (primary N) is 3. The molecule has 3 aromatic rings. The number of benzene rings is 2. The Labute approximate surface area is 510 Å². The van der Waals surface area contributed by atoms with Gasteiger partial charge in [-0.15, -0.1) is 0 Å². The summed E-state index contributed by atoms with van der Waals surface area (Å²) in [5.41, 5.74) is 18.9. The molecule has 0 saturated heterocycles. The minimum Gasteiger partial charge on any atom is -0.508 e. The van der Waals surface area contributed by atoms with Crippen LogP contribution in [0.3, 0.4) is 0 Å². The number of amides is 10. The van der Waals surface area contributed by atoms with Gasteiger partial charge in [-0.05, 0) is 99.4 Å². The van der Waals surface area contributed by atoms with Crippen molar-refractivity contribution in [2.24, 2.45) is 35.0 Å². The van der Waals surface area contributed by atoms with Crippen LogP contribution >= 0.6 is 0 Å². The number of unbranched alkanes of at least 4 members (excludes halogenated alkanes) is 1. The zero-order valence-corrected chi connectivity index (χ0v) is 50.8. The number of primary amides is 1. The number of aliphatic carboxylic acids is 2. The van der Waals surface area contributed by atoms with E-state index < -0.39 is 163 Å². The van der Waals surface area contributed by atoms with E-state index in [9.17, 15) is 72.9 Å². The van der Waals surface area contributed by atoms with Gasteiger partial charge in [0.2, 0.25) is 59.1 Å². The molecule has 0 unspecified atom stereocenters. The summed E-state index contributed by atoms with van der Waals surface area (Å²) in [6.45, 7) is 11.5. The molecule has 3 rings (SSSR count). The fraction of sp³-hybridized carbons (Fsp3) is 0.542. The van der Waals surface area contributed by atoms with Crippen LogP contribution in [0.5, 0.6) is 5.75 Å². The van der Waals surface area contributed by atoms with Crippen LogP contribution in [0.15, 0.2) is 67.1 Å². The average Bonchev–Trinajstić information content (AvgIpc) is 3.76. The molecule has 1 aromatic heterocycles. The topological polar surface area (TPSA) is 481 Å². The van der Waals surface area contributed by atoms with E-state index in [0.29, 0.717) is 29.7 Å². The summed E-state index contributed by atoms with van der Waals surface area (Å²) in [5.74, 6) is -12.8. The van der Waals surface area contributed by atoms with Crippen LogP contribution in [-0.4, -0.2) is 163 Å². The van der Waals surface area contributed by atoms with E-state index >= 15 is 0 Å². The van der Waals surface area contributed by atoms with Crippen molar-refractivity contribution in [3.63, 3.8) is 0 Å². The number of aromatic amines is 1. The number of carbonyl (C=O) groups excluding carboxylic acids is 10. The lowest BCUT2D eigenvalue weighted by molar-refractivity contribution is -0.142. The molecule has 0 aliphatic carbocycles. The van der Waals surface area contributed by atoms with Crippen LogP contribution in [0.2, 0.25) is 0 Å². The predicted molar refractivity (Wildman–Crippen MR) is 320 cm³/mol. The molecule has 19 N–H and O–H groups in total. The third-order valence-electron chi connectivity index (χ3n) is 14.0. The van der Waals surface area contributed by atoms with Crippen molar-refractivity contribution in [1.82, 2.24) is 57.8 Å². The number of nitrogens with zero attached hydrogens (tertiary/aromatic N) is 1. The van der Waals surface area contributed by atoms with Gasteiger partial charge in [0.05, 0.1) is 12.4 Å². The quantitative estimate of drug-likeness (QED) is 0.0291. The number of nitrogens with one attached hydrogen (secondary N) is 10. The number of phenols is 1. The Kier molecular flexibility index (Phi) is 30.7. The Bertz CT molecular complexity index is 2820.